The van der Waals surface area contributed by atoms with Gasteiger partial charge in [-0.2, -0.15) is 0 Å². The third kappa shape index (κ3) is 52.7. The number of carbonyl (C=O) groups is 2. The van der Waals surface area contributed by atoms with Gasteiger partial charge in [0.25, 0.3) is 5.97 Å². The Morgan fingerprint density at radius 2 is 1.31 bits per heavy atom. The number of unbranched alkanes of at least 4 members (excludes halogenated alkanes) is 4. The van der Waals surface area contributed by atoms with E-state index in [2.05, 4.69) is 6.92 Å². The number of hydrogen-bond acceptors (Lipinski definition) is 4. The Bertz CT molecular complexity index is 153. The van der Waals surface area contributed by atoms with Crippen molar-refractivity contribution in [2.75, 3.05) is 0 Å². The first kappa shape index (κ1) is 20.3. The van der Waals surface area contributed by atoms with Gasteiger partial charge in [-0.05, 0) is 6.42 Å². The van der Waals surface area contributed by atoms with E-state index >= 15 is 0 Å². The van der Waals surface area contributed by atoms with Gasteiger partial charge >= 0.3 is 5.97 Å². The fraction of sp³-hybridized carbons (Fsp3) is 0.800. The lowest BCUT2D eigenvalue weighted by molar-refractivity contribution is -0.176. The monoisotopic (exact) mass is 238 g/mol. The fourth-order valence-corrected chi connectivity index (χ4v) is 0.880. The number of aliphatic carboxylic acids is 2. The molecule has 0 aromatic heterocycles. The zero-order valence-corrected chi connectivity index (χ0v) is 9.85. The normalized spacial score (nSPS) is 8.00. The Morgan fingerprint density at radius 1 is 0.938 bits per heavy atom. The highest BCUT2D eigenvalue weighted by Crippen LogP contribution is 2.04. The predicted octanol–water partition coefficient (Wildman–Crippen LogP) is 2.54. The van der Waals surface area contributed by atoms with E-state index in [9.17, 15) is 4.79 Å². The maximum Gasteiger partial charge on any atom is 0.303 e. The Kier molecular flexibility index (Phi) is 24.7. The summed E-state index contributed by atoms with van der Waals surface area (Å²) in [6.45, 7) is 3.23. The lowest BCUT2D eigenvalue weighted by Gasteiger charge is -1.95. The molecule has 6 heteroatoms. The molecule has 0 amide bonds. The number of carboxylic acid groups (broad SMARTS) is 2. The molecule has 0 aromatic rings. The van der Waals surface area contributed by atoms with Crippen LogP contribution in [0, 0.1) is 0 Å². The van der Waals surface area contributed by atoms with Crippen molar-refractivity contribution in [2.45, 2.75) is 52.4 Å². The molecule has 98 valence electrons. The van der Waals surface area contributed by atoms with Gasteiger partial charge in [0.05, 0.1) is 0 Å². The predicted molar refractivity (Wildman–Crippen MR) is 59.6 cm³/mol. The van der Waals surface area contributed by atoms with E-state index in [0.717, 1.165) is 19.8 Å². The van der Waals surface area contributed by atoms with Crippen LogP contribution in [0.2, 0.25) is 0 Å². The van der Waals surface area contributed by atoms with Crippen LogP contribution in [0.25, 0.3) is 0 Å². The van der Waals surface area contributed by atoms with Crippen molar-refractivity contribution in [1.29, 1.82) is 0 Å². The molecule has 0 aliphatic carbocycles. The van der Waals surface area contributed by atoms with Gasteiger partial charge in [-0.1, -0.05) is 32.6 Å². The average Bonchev–Trinajstić information content (AvgIpc) is 2.19. The zero-order chi connectivity index (χ0) is 13.4. The van der Waals surface area contributed by atoms with Gasteiger partial charge in [0.2, 0.25) is 0 Å². The van der Waals surface area contributed by atoms with E-state index in [0.29, 0.717) is 6.42 Å². The van der Waals surface area contributed by atoms with Gasteiger partial charge in [0.1, 0.15) is 0 Å². The highest BCUT2D eigenvalue weighted by molar-refractivity contribution is 5.66. The van der Waals surface area contributed by atoms with Crippen molar-refractivity contribution in [3.8, 4) is 0 Å². The highest BCUT2D eigenvalue weighted by Gasteiger charge is 1.94. The van der Waals surface area contributed by atoms with Gasteiger partial charge in [-0.3, -0.25) is 20.1 Å². The first-order valence-electron chi connectivity index (χ1n) is 5.12. The Balaban J connectivity index is -0.000000237. The van der Waals surface area contributed by atoms with Crippen molar-refractivity contribution in [1.82, 2.24) is 0 Å². The highest BCUT2D eigenvalue weighted by atomic mass is 17.0. The maximum atomic E-state index is 10.0. The summed E-state index contributed by atoms with van der Waals surface area (Å²) in [5, 5.41) is 27.7. The van der Waals surface area contributed by atoms with Crippen molar-refractivity contribution < 1.29 is 30.3 Å². The van der Waals surface area contributed by atoms with Gasteiger partial charge in [-0.25, -0.2) is 0 Å². The summed E-state index contributed by atoms with van der Waals surface area (Å²) in [6, 6.07) is 0. The second kappa shape index (κ2) is 19.4. The molecule has 0 saturated heterocycles. The van der Waals surface area contributed by atoms with Gasteiger partial charge in [-0.15, -0.1) is 0 Å². The first-order chi connectivity index (χ1) is 7.50. The molecule has 16 heavy (non-hydrogen) atoms. The van der Waals surface area contributed by atoms with E-state index in [4.69, 9.17) is 25.5 Å². The van der Waals surface area contributed by atoms with E-state index in [1.807, 2.05) is 0 Å². The molecule has 0 aliphatic rings. The Morgan fingerprint density at radius 3 is 1.62 bits per heavy atom. The summed E-state index contributed by atoms with van der Waals surface area (Å²) < 4.78 is 0. The molecule has 0 spiro atoms. The molecule has 0 aliphatic heterocycles. The largest absolute Gasteiger partial charge is 0.481 e. The molecule has 4 N–H and O–H groups in total. The molecule has 0 heterocycles. The lowest BCUT2D eigenvalue weighted by atomic mass is 10.1. The van der Waals surface area contributed by atoms with Crippen molar-refractivity contribution >= 4 is 11.9 Å². The van der Waals surface area contributed by atoms with Gasteiger partial charge in [0, 0.05) is 13.3 Å². The summed E-state index contributed by atoms with van der Waals surface area (Å²) >= 11 is 0. The van der Waals surface area contributed by atoms with Gasteiger partial charge in [0.15, 0.2) is 0 Å². The second-order valence-corrected chi connectivity index (χ2v) is 3.08. The minimum absolute atomic E-state index is 0.337. The van der Waals surface area contributed by atoms with Crippen LogP contribution >= 0.6 is 0 Å². The smallest absolute Gasteiger partial charge is 0.303 e. The molecule has 0 radical (unpaired) electrons. The first-order valence-corrected chi connectivity index (χ1v) is 5.12. The minimum atomic E-state index is -0.833. The minimum Gasteiger partial charge on any atom is -0.481 e. The molecule has 0 aromatic carbocycles. The standard InChI is InChI=1S/C8H16O2.C2H4O2.H2O2/c1-2-3-4-5-6-7-8(9)10;1-2(3)4;1-2/h2-7H2,1H3,(H,9,10);1H3,(H,3,4);1-2H. The van der Waals surface area contributed by atoms with Crippen LogP contribution in [0.15, 0.2) is 0 Å². The Labute approximate surface area is 95.5 Å². The number of hydrogen-bond donors (Lipinski definition) is 4. The fourth-order valence-electron chi connectivity index (χ4n) is 0.880. The van der Waals surface area contributed by atoms with Crippen LogP contribution in [-0.4, -0.2) is 32.7 Å². The van der Waals surface area contributed by atoms with Crippen LogP contribution in [0.1, 0.15) is 52.4 Å². The zero-order valence-electron chi connectivity index (χ0n) is 9.85. The lowest BCUT2D eigenvalue weighted by Crippen LogP contribution is -1.93. The van der Waals surface area contributed by atoms with Crippen LogP contribution in [0.5, 0.6) is 0 Å². The third-order valence-electron chi connectivity index (χ3n) is 1.49. The molecule has 0 atom stereocenters. The van der Waals surface area contributed by atoms with Crippen LogP contribution in [0.4, 0.5) is 0 Å². The van der Waals surface area contributed by atoms with E-state index in [1.165, 1.54) is 19.3 Å². The van der Waals surface area contributed by atoms with Gasteiger partial charge < -0.3 is 10.2 Å². The van der Waals surface area contributed by atoms with Crippen molar-refractivity contribution in [3.63, 3.8) is 0 Å². The summed E-state index contributed by atoms with van der Waals surface area (Å²) in [5.74, 6) is -1.50. The number of carboxylic acids is 2. The molecule has 0 bridgehead atoms. The summed E-state index contributed by atoms with van der Waals surface area (Å²) in [5.41, 5.74) is 0. The van der Waals surface area contributed by atoms with Crippen LogP contribution in [-0.2, 0) is 9.59 Å². The van der Waals surface area contributed by atoms with E-state index < -0.39 is 11.9 Å². The molecule has 0 unspecified atom stereocenters. The third-order valence-corrected chi connectivity index (χ3v) is 1.49. The molecule has 0 rings (SSSR count). The second-order valence-electron chi connectivity index (χ2n) is 3.08. The topological polar surface area (TPSA) is 115 Å². The van der Waals surface area contributed by atoms with Crippen LogP contribution < -0.4 is 0 Å². The Hall–Kier alpha value is -1.14. The average molecular weight is 238 g/mol. The van der Waals surface area contributed by atoms with Crippen molar-refractivity contribution in [3.05, 3.63) is 0 Å². The van der Waals surface area contributed by atoms with E-state index in [1.54, 1.807) is 0 Å². The number of rotatable bonds is 6. The molecule has 0 fully saturated rings. The van der Waals surface area contributed by atoms with Crippen molar-refractivity contribution in [2.24, 2.45) is 0 Å². The molecular weight excluding hydrogens is 216 g/mol. The van der Waals surface area contributed by atoms with E-state index in [-0.39, 0.29) is 0 Å². The molecule has 0 saturated carbocycles. The summed E-state index contributed by atoms with van der Waals surface area (Å²) in [6.07, 6.45) is 5.88. The summed E-state index contributed by atoms with van der Waals surface area (Å²) in [7, 11) is 0. The molecule has 6 nitrogen and oxygen atoms in total. The molecular formula is C10H22O6. The summed E-state index contributed by atoms with van der Waals surface area (Å²) in [4.78, 5) is 19.0. The maximum absolute atomic E-state index is 10.0. The quantitative estimate of drug-likeness (QED) is 0.321. The van der Waals surface area contributed by atoms with Crippen LogP contribution in [0.3, 0.4) is 0 Å². The SMILES string of the molecule is CC(=O)O.CCCCCCCC(=O)O.OO.